The van der Waals surface area contributed by atoms with Crippen LogP contribution < -0.4 is 10.6 Å². The number of anilines is 1. The van der Waals surface area contributed by atoms with Gasteiger partial charge >= 0.3 is 0 Å². The third-order valence-corrected chi connectivity index (χ3v) is 7.18. The topological polar surface area (TPSA) is 67.2 Å². The van der Waals surface area contributed by atoms with Gasteiger partial charge in [0.15, 0.2) is 10.7 Å². The highest BCUT2D eigenvalue weighted by Crippen LogP contribution is 2.29. The number of benzene rings is 3. The normalized spacial score (nSPS) is 11.9. The molecule has 1 aromatic heterocycles. The van der Waals surface area contributed by atoms with Crippen LogP contribution >= 0.6 is 57.4 Å². The van der Waals surface area contributed by atoms with Gasteiger partial charge in [-0.3, -0.25) is 10.1 Å². The lowest BCUT2D eigenvalue weighted by atomic mass is 9.98. The van der Waals surface area contributed by atoms with Crippen molar-refractivity contribution < 1.29 is 9.21 Å². The molecule has 4 aromatic rings. The summed E-state index contributed by atoms with van der Waals surface area (Å²) in [5.41, 5.74) is 4.99. The molecule has 5 nitrogen and oxygen atoms in total. The number of aromatic nitrogens is 1. The summed E-state index contributed by atoms with van der Waals surface area (Å²) in [5, 5.41) is 6.05. The molecule has 1 heterocycles. The highest BCUT2D eigenvalue weighted by Gasteiger charge is 2.14. The van der Waals surface area contributed by atoms with Crippen LogP contribution in [0.25, 0.3) is 22.6 Å². The molecule has 1 amide bonds. The average Bonchev–Trinajstić information content (AvgIpc) is 3.23. The number of hydrogen-bond donors (Lipinski definition) is 2. The van der Waals surface area contributed by atoms with Crippen LogP contribution in [0.1, 0.15) is 42.1 Å². The van der Waals surface area contributed by atoms with Gasteiger partial charge in [-0.15, -0.1) is 0 Å². The van der Waals surface area contributed by atoms with Crippen LogP contribution in [-0.2, 0) is 0 Å². The molecule has 33 heavy (non-hydrogen) atoms. The van der Waals surface area contributed by atoms with Gasteiger partial charge < -0.3 is 9.73 Å². The number of hydrogen-bond acceptors (Lipinski definition) is 4. The summed E-state index contributed by atoms with van der Waals surface area (Å²) in [6.07, 6.45) is 1.07. The van der Waals surface area contributed by atoms with Gasteiger partial charge in [0.05, 0.1) is 5.56 Å². The molecule has 0 aliphatic carbocycles. The van der Waals surface area contributed by atoms with Crippen molar-refractivity contribution in [1.82, 2.24) is 10.3 Å². The maximum absolute atomic E-state index is 12.6. The zero-order valence-electron chi connectivity index (χ0n) is 18.0. The summed E-state index contributed by atoms with van der Waals surface area (Å²) in [4.78, 5) is 17.3. The summed E-state index contributed by atoms with van der Waals surface area (Å²) in [5.74, 6) is 0.766. The van der Waals surface area contributed by atoms with E-state index in [4.69, 9.17) is 16.6 Å². The first-order valence-electron chi connectivity index (χ1n) is 10.4. The monoisotopic (exact) mass is 681 g/mol. The first kappa shape index (κ1) is 24.1. The highest BCUT2D eigenvalue weighted by molar-refractivity contribution is 14.1. The van der Waals surface area contributed by atoms with Crippen LogP contribution in [-0.4, -0.2) is 16.0 Å². The third kappa shape index (κ3) is 5.72. The van der Waals surface area contributed by atoms with Crippen LogP contribution in [0.2, 0.25) is 0 Å². The fourth-order valence-corrected chi connectivity index (χ4v) is 4.63. The number of carbonyl (C=O) groups excluding carboxylic acids is 1. The smallest absolute Gasteiger partial charge is 0.258 e. The van der Waals surface area contributed by atoms with Gasteiger partial charge in [0.25, 0.3) is 5.91 Å². The maximum atomic E-state index is 12.6. The van der Waals surface area contributed by atoms with E-state index in [1.54, 1.807) is 0 Å². The number of amides is 1. The zero-order chi connectivity index (χ0) is 23.5. The molecule has 0 unspecified atom stereocenters. The van der Waals surface area contributed by atoms with Gasteiger partial charge in [0.2, 0.25) is 5.89 Å². The molecule has 0 aliphatic heterocycles. The van der Waals surface area contributed by atoms with Crippen molar-refractivity contribution in [1.29, 1.82) is 0 Å². The Morgan fingerprint density at radius 2 is 1.94 bits per heavy atom. The molecule has 0 aliphatic rings. The Morgan fingerprint density at radius 3 is 2.73 bits per heavy atom. The Hall–Kier alpha value is -2.05. The zero-order valence-corrected chi connectivity index (χ0v) is 23.1. The first-order valence-corrected chi connectivity index (χ1v) is 13.0. The lowest BCUT2D eigenvalue weighted by Crippen LogP contribution is -2.34. The molecule has 0 bridgehead atoms. The van der Waals surface area contributed by atoms with Crippen LogP contribution in [0.3, 0.4) is 0 Å². The lowest BCUT2D eigenvalue weighted by molar-refractivity contribution is 0.0977. The van der Waals surface area contributed by atoms with Crippen LogP contribution in [0.4, 0.5) is 5.69 Å². The molecule has 0 radical (unpaired) electrons. The largest absolute Gasteiger partial charge is 0.436 e. The second-order valence-corrected chi connectivity index (χ2v) is 10.5. The van der Waals surface area contributed by atoms with Gasteiger partial charge in [0.1, 0.15) is 5.52 Å². The molecular weight excluding hydrogens is 660 g/mol. The van der Waals surface area contributed by atoms with Crippen LogP contribution in [0, 0.1) is 7.14 Å². The van der Waals surface area contributed by atoms with E-state index in [1.807, 2.05) is 48.5 Å². The Kier molecular flexibility index (Phi) is 7.65. The summed E-state index contributed by atoms with van der Waals surface area (Å²) in [7, 11) is 0. The maximum Gasteiger partial charge on any atom is 0.258 e. The van der Waals surface area contributed by atoms with Crippen molar-refractivity contribution in [3.8, 4) is 11.5 Å². The molecule has 1 atom stereocenters. The Morgan fingerprint density at radius 1 is 1.12 bits per heavy atom. The van der Waals surface area contributed by atoms with E-state index < -0.39 is 0 Å². The quantitative estimate of drug-likeness (QED) is 0.171. The van der Waals surface area contributed by atoms with Crippen LogP contribution in [0.15, 0.2) is 65.1 Å². The highest BCUT2D eigenvalue weighted by atomic mass is 127. The van der Waals surface area contributed by atoms with E-state index in [1.165, 1.54) is 5.56 Å². The van der Waals surface area contributed by atoms with Crippen molar-refractivity contribution >= 4 is 85.2 Å². The molecule has 3 aromatic carbocycles. The minimum atomic E-state index is -0.248. The van der Waals surface area contributed by atoms with Gasteiger partial charge in [-0.25, -0.2) is 4.98 Å². The predicted molar refractivity (Wildman–Crippen MR) is 154 cm³/mol. The molecule has 0 saturated heterocycles. The fraction of sp³-hybridized carbons (Fsp3) is 0.160. The molecule has 0 fully saturated rings. The van der Waals surface area contributed by atoms with Gasteiger partial charge in [0, 0.05) is 18.4 Å². The minimum absolute atomic E-state index is 0.225. The molecule has 4 rings (SSSR count). The number of thiocarbonyl (C=S) groups is 1. The standard InChI is InChI=1S/C25H21I2N3O2S/c1-3-14(2)15-7-10-22-21(12-15)29-24(32-22)16-5-4-6-18(11-16)28-25(33)30-23(31)19-13-17(26)8-9-20(19)27/h4-14H,3H2,1-2H3,(H2,28,30,31,33)/t14-/m0/s1. The van der Waals surface area contributed by atoms with Gasteiger partial charge in [-0.1, -0.05) is 26.0 Å². The molecule has 8 heteroatoms. The van der Waals surface area contributed by atoms with E-state index in [2.05, 4.69) is 86.8 Å². The van der Waals surface area contributed by atoms with E-state index in [-0.39, 0.29) is 11.0 Å². The molecule has 168 valence electrons. The number of nitrogens with one attached hydrogen (secondary N) is 2. The van der Waals surface area contributed by atoms with E-state index in [0.29, 0.717) is 17.4 Å². The number of rotatable bonds is 5. The van der Waals surface area contributed by atoms with Crippen molar-refractivity contribution in [2.45, 2.75) is 26.2 Å². The molecule has 0 spiro atoms. The number of carbonyl (C=O) groups is 1. The van der Waals surface area contributed by atoms with Crippen LogP contribution in [0.5, 0.6) is 0 Å². The summed E-state index contributed by atoms with van der Waals surface area (Å²) >= 11 is 9.69. The average molecular weight is 681 g/mol. The Balaban J connectivity index is 1.50. The lowest BCUT2D eigenvalue weighted by Gasteiger charge is -2.11. The second-order valence-electron chi connectivity index (χ2n) is 7.67. The number of oxazole rings is 1. The predicted octanol–water partition coefficient (Wildman–Crippen LogP) is 7.34. The second kappa shape index (κ2) is 10.5. The third-order valence-electron chi connectivity index (χ3n) is 5.36. The van der Waals surface area contributed by atoms with Crippen molar-refractivity contribution in [2.24, 2.45) is 0 Å². The Bertz CT molecular complexity index is 1350. The van der Waals surface area contributed by atoms with E-state index >= 15 is 0 Å². The number of nitrogens with zero attached hydrogens (tertiary/aromatic N) is 1. The summed E-state index contributed by atoms with van der Waals surface area (Å²) < 4.78 is 7.84. The summed E-state index contributed by atoms with van der Waals surface area (Å²) in [6, 6.07) is 19.5. The number of fused-ring (bicyclic) bond motifs is 1. The van der Waals surface area contributed by atoms with Gasteiger partial charge in [-0.05, 0) is 124 Å². The van der Waals surface area contributed by atoms with Crippen molar-refractivity contribution in [3.63, 3.8) is 0 Å². The van der Waals surface area contributed by atoms with Gasteiger partial charge in [-0.2, -0.15) is 0 Å². The SMILES string of the molecule is CC[C@H](C)c1ccc2oc(-c3cccc(NC(=S)NC(=O)c4cc(I)ccc4I)c3)nc2c1. The molecule has 0 saturated carbocycles. The minimum Gasteiger partial charge on any atom is -0.436 e. The molecule has 2 N–H and O–H groups in total. The fourth-order valence-electron chi connectivity index (χ4n) is 3.34. The van der Waals surface area contributed by atoms with E-state index in [0.717, 1.165) is 35.9 Å². The van der Waals surface area contributed by atoms with Crippen molar-refractivity contribution in [3.05, 3.63) is 78.9 Å². The van der Waals surface area contributed by atoms with E-state index in [9.17, 15) is 4.79 Å². The molecular formula is C25H21I2N3O2S. The van der Waals surface area contributed by atoms with Crippen molar-refractivity contribution in [2.75, 3.05) is 5.32 Å². The summed E-state index contributed by atoms with van der Waals surface area (Å²) in [6.45, 7) is 4.38. The number of halogens is 2. The Labute approximate surface area is 225 Å². The first-order chi connectivity index (χ1) is 15.8.